The second kappa shape index (κ2) is 1.37. The minimum Gasteiger partial charge on any atom is -0.361 e. The van der Waals surface area contributed by atoms with E-state index in [1.54, 1.807) is 5.57 Å². The Morgan fingerprint density at radius 3 is 3.40 bits per heavy atom. The van der Waals surface area contributed by atoms with Gasteiger partial charge in [0.1, 0.15) is 5.60 Å². The molecule has 0 bridgehead atoms. The van der Waals surface area contributed by atoms with Crippen LogP contribution in [0.2, 0.25) is 0 Å². The van der Waals surface area contributed by atoms with Crippen LogP contribution in [0, 0.1) is 0 Å². The lowest BCUT2D eigenvalue weighted by molar-refractivity contribution is 0.294. The number of hydrogen-bond donors (Lipinski definition) is 0. The van der Waals surface area contributed by atoms with Crippen LogP contribution in [-0.2, 0) is 4.74 Å². The Bertz CT molecular complexity index is 239. The van der Waals surface area contributed by atoms with Crippen LogP contribution in [0.1, 0.15) is 19.3 Å². The van der Waals surface area contributed by atoms with Gasteiger partial charge in [-0.1, -0.05) is 18.2 Å². The van der Waals surface area contributed by atoms with E-state index in [1.807, 2.05) is 0 Å². The molecule has 2 atom stereocenters. The SMILES string of the molecule is C1=CCC23OC2CCC3=C1. The van der Waals surface area contributed by atoms with Crippen LogP contribution in [0.25, 0.3) is 0 Å². The van der Waals surface area contributed by atoms with Crippen molar-refractivity contribution in [1.82, 2.24) is 0 Å². The van der Waals surface area contributed by atoms with Gasteiger partial charge in [-0.2, -0.15) is 0 Å². The molecule has 3 aliphatic rings. The van der Waals surface area contributed by atoms with Crippen LogP contribution < -0.4 is 0 Å². The van der Waals surface area contributed by atoms with Gasteiger partial charge in [-0.25, -0.2) is 0 Å². The van der Waals surface area contributed by atoms with Crippen LogP contribution >= 0.6 is 0 Å². The van der Waals surface area contributed by atoms with Gasteiger partial charge in [-0.15, -0.1) is 0 Å². The molecule has 0 N–H and O–H groups in total. The van der Waals surface area contributed by atoms with E-state index in [0.29, 0.717) is 6.10 Å². The second-order valence-corrected chi connectivity index (χ2v) is 3.36. The Hall–Kier alpha value is -0.560. The number of epoxide rings is 1. The van der Waals surface area contributed by atoms with Gasteiger partial charge in [0.05, 0.1) is 6.10 Å². The average Bonchev–Trinajstić information content (AvgIpc) is 2.55. The average molecular weight is 134 g/mol. The van der Waals surface area contributed by atoms with Crippen molar-refractivity contribution in [2.45, 2.75) is 31.0 Å². The zero-order valence-electron chi connectivity index (χ0n) is 5.84. The first-order chi connectivity index (χ1) is 4.92. The summed E-state index contributed by atoms with van der Waals surface area (Å²) in [4.78, 5) is 0. The highest BCUT2D eigenvalue weighted by molar-refractivity contribution is 5.39. The highest BCUT2D eigenvalue weighted by Crippen LogP contribution is 2.56. The number of hydrogen-bond acceptors (Lipinski definition) is 1. The molecule has 1 aliphatic heterocycles. The van der Waals surface area contributed by atoms with Crippen molar-refractivity contribution in [1.29, 1.82) is 0 Å². The van der Waals surface area contributed by atoms with Crippen LogP contribution in [0.4, 0.5) is 0 Å². The Labute approximate surface area is 60.4 Å². The summed E-state index contributed by atoms with van der Waals surface area (Å²) in [6, 6.07) is 0. The largest absolute Gasteiger partial charge is 0.361 e. The predicted molar refractivity (Wildman–Crippen MR) is 38.7 cm³/mol. The fourth-order valence-electron chi connectivity index (χ4n) is 2.25. The summed E-state index contributed by atoms with van der Waals surface area (Å²) in [6.07, 6.45) is 10.9. The molecular weight excluding hydrogens is 124 g/mol. The minimum atomic E-state index is 0.231. The van der Waals surface area contributed by atoms with E-state index in [2.05, 4.69) is 18.2 Å². The Morgan fingerprint density at radius 1 is 1.60 bits per heavy atom. The maximum atomic E-state index is 5.62. The fourth-order valence-corrected chi connectivity index (χ4v) is 2.25. The van der Waals surface area contributed by atoms with E-state index in [0.717, 1.165) is 6.42 Å². The molecule has 1 heterocycles. The van der Waals surface area contributed by atoms with E-state index in [-0.39, 0.29) is 5.60 Å². The van der Waals surface area contributed by atoms with Crippen molar-refractivity contribution in [2.24, 2.45) is 0 Å². The van der Waals surface area contributed by atoms with Crippen molar-refractivity contribution >= 4 is 0 Å². The van der Waals surface area contributed by atoms with Crippen LogP contribution in [0.5, 0.6) is 0 Å². The van der Waals surface area contributed by atoms with E-state index in [4.69, 9.17) is 4.74 Å². The third-order valence-electron chi connectivity index (χ3n) is 2.89. The van der Waals surface area contributed by atoms with Crippen molar-refractivity contribution in [3.63, 3.8) is 0 Å². The summed E-state index contributed by atoms with van der Waals surface area (Å²) in [7, 11) is 0. The molecule has 2 fully saturated rings. The second-order valence-electron chi connectivity index (χ2n) is 3.36. The summed E-state index contributed by atoms with van der Waals surface area (Å²) in [5, 5.41) is 0. The quantitative estimate of drug-likeness (QED) is 0.460. The van der Waals surface area contributed by atoms with Gasteiger partial charge in [0, 0.05) is 6.42 Å². The molecule has 2 aliphatic carbocycles. The topological polar surface area (TPSA) is 12.5 Å². The molecule has 2 unspecified atom stereocenters. The van der Waals surface area contributed by atoms with Crippen LogP contribution in [-0.4, -0.2) is 11.7 Å². The molecule has 1 saturated heterocycles. The summed E-state index contributed by atoms with van der Waals surface area (Å²) in [6.45, 7) is 0. The van der Waals surface area contributed by atoms with Crippen LogP contribution in [0.15, 0.2) is 23.8 Å². The van der Waals surface area contributed by atoms with Gasteiger partial charge in [0.25, 0.3) is 0 Å². The smallest absolute Gasteiger partial charge is 0.119 e. The number of rotatable bonds is 0. The van der Waals surface area contributed by atoms with Gasteiger partial charge < -0.3 is 4.74 Å². The summed E-state index contributed by atoms with van der Waals surface area (Å²) < 4.78 is 5.62. The molecule has 0 radical (unpaired) electrons. The first kappa shape index (κ1) is 5.14. The molecule has 3 rings (SSSR count). The normalized spacial score (nSPS) is 48.0. The maximum absolute atomic E-state index is 5.62. The van der Waals surface area contributed by atoms with Crippen molar-refractivity contribution in [3.05, 3.63) is 23.8 Å². The molecule has 1 saturated carbocycles. The van der Waals surface area contributed by atoms with Gasteiger partial charge in [-0.05, 0) is 18.4 Å². The zero-order chi connectivity index (χ0) is 6.60. The third kappa shape index (κ3) is 0.410. The summed E-state index contributed by atoms with van der Waals surface area (Å²) >= 11 is 0. The van der Waals surface area contributed by atoms with Crippen molar-refractivity contribution < 1.29 is 4.74 Å². The van der Waals surface area contributed by atoms with Gasteiger partial charge in [0.15, 0.2) is 0 Å². The standard InChI is InChI=1S/C9H10O/c1-2-6-9-7(3-1)4-5-8(9)10-9/h1-3,8H,4-6H2. The summed E-state index contributed by atoms with van der Waals surface area (Å²) in [5.41, 5.74) is 1.77. The fraction of sp³-hybridized carbons (Fsp3) is 0.556. The predicted octanol–water partition coefficient (Wildman–Crippen LogP) is 1.80. The lowest BCUT2D eigenvalue weighted by atomic mass is 9.94. The van der Waals surface area contributed by atoms with E-state index >= 15 is 0 Å². The van der Waals surface area contributed by atoms with E-state index in [1.165, 1.54) is 12.8 Å². The minimum absolute atomic E-state index is 0.231. The molecule has 10 heavy (non-hydrogen) atoms. The van der Waals surface area contributed by atoms with Crippen LogP contribution in [0.3, 0.4) is 0 Å². The first-order valence-corrected chi connectivity index (χ1v) is 3.96. The molecule has 1 nitrogen and oxygen atoms in total. The Morgan fingerprint density at radius 2 is 2.60 bits per heavy atom. The first-order valence-electron chi connectivity index (χ1n) is 3.96. The molecule has 1 heteroatoms. The molecule has 0 aromatic heterocycles. The van der Waals surface area contributed by atoms with Gasteiger partial charge in [0.2, 0.25) is 0 Å². The summed E-state index contributed by atoms with van der Waals surface area (Å²) in [5.74, 6) is 0. The molecular formula is C9H10O. The maximum Gasteiger partial charge on any atom is 0.119 e. The molecule has 52 valence electrons. The van der Waals surface area contributed by atoms with Gasteiger partial charge in [-0.3, -0.25) is 0 Å². The van der Waals surface area contributed by atoms with Gasteiger partial charge >= 0.3 is 0 Å². The third-order valence-corrected chi connectivity index (χ3v) is 2.89. The lowest BCUT2D eigenvalue weighted by Gasteiger charge is -2.12. The van der Waals surface area contributed by atoms with E-state index in [9.17, 15) is 0 Å². The molecule has 0 aromatic rings. The Balaban J connectivity index is 2.09. The molecule has 1 spiro atoms. The highest BCUT2D eigenvalue weighted by atomic mass is 16.6. The highest BCUT2D eigenvalue weighted by Gasteiger charge is 2.61. The zero-order valence-corrected chi connectivity index (χ0v) is 5.84. The van der Waals surface area contributed by atoms with E-state index < -0.39 is 0 Å². The molecule has 0 aromatic carbocycles. The number of ether oxygens (including phenoxy) is 1. The number of allylic oxidation sites excluding steroid dienone is 2. The monoisotopic (exact) mass is 134 g/mol. The van der Waals surface area contributed by atoms with Crippen molar-refractivity contribution in [2.75, 3.05) is 0 Å². The lowest BCUT2D eigenvalue weighted by Crippen LogP contribution is -2.13. The molecule has 0 amide bonds. The Kier molecular flexibility index (Phi) is 0.706. The van der Waals surface area contributed by atoms with Crippen molar-refractivity contribution in [3.8, 4) is 0 Å².